The van der Waals surface area contributed by atoms with E-state index in [0.29, 0.717) is 0 Å². The van der Waals surface area contributed by atoms with E-state index in [1.807, 2.05) is 0 Å². The zero-order chi connectivity index (χ0) is 41.8. The molecule has 0 aromatic heterocycles. The van der Waals surface area contributed by atoms with Gasteiger partial charge in [-0.25, -0.2) is 0 Å². The van der Waals surface area contributed by atoms with E-state index in [2.05, 4.69) is 245 Å². The highest BCUT2D eigenvalue weighted by molar-refractivity contribution is 5.97. The summed E-state index contributed by atoms with van der Waals surface area (Å²) in [5, 5.41) is 0. The first kappa shape index (κ1) is 36.6. The van der Waals surface area contributed by atoms with Gasteiger partial charge in [-0.1, -0.05) is 197 Å². The lowest BCUT2D eigenvalue weighted by molar-refractivity contribution is 0.589. The van der Waals surface area contributed by atoms with Gasteiger partial charge in [-0.3, -0.25) is 0 Å². The van der Waals surface area contributed by atoms with E-state index in [0.717, 1.165) is 17.1 Å². The van der Waals surface area contributed by atoms with Crippen molar-refractivity contribution in [2.24, 2.45) is 0 Å². The molecule has 0 radical (unpaired) electrons. The van der Waals surface area contributed by atoms with E-state index < -0.39 is 10.8 Å². The van der Waals surface area contributed by atoms with Crippen molar-refractivity contribution >= 4 is 17.1 Å². The Bertz CT molecular complexity index is 3220. The number of hydrogen-bond acceptors (Lipinski definition) is 1. The Hall–Kier alpha value is -7.22. The van der Waals surface area contributed by atoms with Crippen LogP contribution in [0.25, 0.3) is 33.4 Å². The Kier molecular flexibility index (Phi) is 7.91. The molecule has 1 spiro atoms. The van der Waals surface area contributed by atoms with E-state index in [-0.39, 0.29) is 5.41 Å². The van der Waals surface area contributed by atoms with Crippen molar-refractivity contribution in [2.75, 3.05) is 4.90 Å². The summed E-state index contributed by atoms with van der Waals surface area (Å²) in [6.07, 6.45) is 0. The van der Waals surface area contributed by atoms with Crippen LogP contribution < -0.4 is 4.90 Å². The van der Waals surface area contributed by atoms with Gasteiger partial charge in [0.2, 0.25) is 0 Å². The van der Waals surface area contributed by atoms with E-state index in [1.165, 1.54) is 89.0 Å². The van der Waals surface area contributed by atoms with Crippen LogP contribution in [0.1, 0.15) is 76.4 Å². The van der Waals surface area contributed by atoms with Crippen LogP contribution in [0.2, 0.25) is 0 Å². The molecule has 0 aliphatic heterocycles. The summed E-state index contributed by atoms with van der Waals surface area (Å²) in [7, 11) is 0. The molecule has 0 bridgehead atoms. The molecule has 62 heavy (non-hydrogen) atoms. The predicted octanol–water partition coefficient (Wildman–Crippen LogP) is 15.5. The van der Waals surface area contributed by atoms with Crippen LogP contribution in [-0.4, -0.2) is 0 Å². The number of benzene rings is 9. The Morgan fingerprint density at radius 1 is 0.339 bits per heavy atom. The van der Waals surface area contributed by atoms with Gasteiger partial charge >= 0.3 is 0 Å². The minimum atomic E-state index is -0.527. The highest BCUT2D eigenvalue weighted by atomic mass is 15.1. The van der Waals surface area contributed by atoms with Crippen molar-refractivity contribution in [1.82, 2.24) is 0 Å². The van der Waals surface area contributed by atoms with Crippen molar-refractivity contribution in [2.45, 2.75) is 43.9 Å². The summed E-state index contributed by atoms with van der Waals surface area (Å²) < 4.78 is 0. The Morgan fingerprint density at radius 2 is 0.790 bits per heavy atom. The molecule has 0 heterocycles. The van der Waals surface area contributed by atoms with Crippen LogP contribution in [0, 0.1) is 6.92 Å². The van der Waals surface area contributed by atoms with E-state index in [4.69, 9.17) is 0 Å². The monoisotopic (exact) mass is 793 g/mol. The van der Waals surface area contributed by atoms with Crippen molar-refractivity contribution in [3.63, 3.8) is 0 Å². The van der Waals surface area contributed by atoms with Gasteiger partial charge in [0.15, 0.2) is 0 Å². The first-order chi connectivity index (χ1) is 30.3. The van der Waals surface area contributed by atoms with E-state index in [1.54, 1.807) is 0 Å². The minimum absolute atomic E-state index is 0.0462. The van der Waals surface area contributed by atoms with Gasteiger partial charge in [0.1, 0.15) is 0 Å². The lowest BCUT2D eigenvalue weighted by Gasteiger charge is -2.35. The molecule has 9 aromatic rings. The molecular formula is C61H47N. The van der Waals surface area contributed by atoms with Crippen LogP contribution >= 0.6 is 0 Å². The number of anilines is 3. The van der Waals surface area contributed by atoms with Crippen LogP contribution in [0.3, 0.4) is 0 Å². The van der Waals surface area contributed by atoms with Crippen LogP contribution in [-0.2, 0) is 16.2 Å². The number of aryl methyl sites for hydroxylation is 1. The molecule has 1 nitrogen and oxygen atoms in total. The number of nitrogens with zero attached hydrogens (tertiary/aromatic N) is 1. The molecule has 296 valence electrons. The maximum Gasteiger partial charge on any atom is 0.0726 e. The standard InChI is InChI=1S/C61H47N/c1-40-18-17-29-55-58(40)51-25-13-16-28-54(51)61(55)53-27-15-12-24-48(53)50-37-35-46(39-57(50)61)62(44-21-9-6-10-22-44)45-34-36-49-47-23-11-14-26-52(47)60(56(49)38-45,42-19-7-5-8-20-42)43-32-30-41(31-33-43)59(2,3)4/h5-39H,1-4H3. The summed E-state index contributed by atoms with van der Waals surface area (Å²) in [5.74, 6) is 0. The highest BCUT2D eigenvalue weighted by Crippen LogP contribution is 2.64. The lowest BCUT2D eigenvalue weighted by atomic mass is 9.67. The number of fused-ring (bicyclic) bond motifs is 13. The van der Waals surface area contributed by atoms with Crippen LogP contribution in [0.15, 0.2) is 212 Å². The number of rotatable bonds is 5. The zero-order valence-electron chi connectivity index (χ0n) is 35.7. The molecule has 2 unspecified atom stereocenters. The Balaban J connectivity index is 1.12. The van der Waals surface area contributed by atoms with Gasteiger partial charge in [-0.2, -0.15) is 0 Å². The van der Waals surface area contributed by atoms with Gasteiger partial charge in [0, 0.05) is 17.1 Å². The average molecular weight is 794 g/mol. The molecule has 0 N–H and O–H groups in total. The molecule has 3 aliphatic rings. The molecule has 1 heteroatoms. The van der Waals surface area contributed by atoms with Gasteiger partial charge in [0.05, 0.1) is 10.8 Å². The fourth-order valence-corrected chi connectivity index (χ4v) is 11.6. The second-order valence-corrected chi connectivity index (χ2v) is 18.5. The Morgan fingerprint density at radius 3 is 1.39 bits per heavy atom. The first-order valence-electron chi connectivity index (χ1n) is 22.0. The lowest BCUT2D eigenvalue weighted by Crippen LogP contribution is -2.29. The molecule has 0 saturated heterocycles. The van der Waals surface area contributed by atoms with Crippen molar-refractivity contribution in [1.29, 1.82) is 0 Å². The van der Waals surface area contributed by atoms with E-state index >= 15 is 0 Å². The summed E-state index contributed by atoms with van der Waals surface area (Å²) in [6.45, 7) is 9.16. The van der Waals surface area contributed by atoms with Gasteiger partial charge < -0.3 is 4.90 Å². The van der Waals surface area contributed by atoms with Crippen LogP contribution in [0.4, 0.5) is 17.1 Å². The smallest absolute Gasteiger partial charge is 0.0726 e. The third kappa shape index (κ3) is 4.91. The van der Waals surface area contributed by atoms with Crippen LogP contribution in [0.5, 0.6) is 0 Å². The fraction of sp³-hybridized carbons (Fsp3) is 0.115. The normalized spacial score (nSPS) is 17.5. The molecular weight excluding hydrogens is 747 g/mol. The highest BCUT2D eigenvalue weighted by Gasteiger charge is 2.52. The summed E-state index contributed by atoms with van der Waals surface area (Å²) in [4.78, 5) is 2.48. The molecule has 9 aromatic carbocycles. The summed E-state index contributed by atoms with van der Waals surface area (Å²) in [5.41, 5.74) is 23.6. The molecule has 0 saturated carbocycles. The summed E-state index contributed by atoms with van der Waals surface area (Å²) in [6, 6.07) is 80.2. The second-order valence-electron chi connectivity index (χ2n) is 18.5. The molecule has 12 rings (SSSR count). The average Bonchev–Trinajstić information content (AvgIpc) is 3.90. The first-order valence-corrected chi connectivity index (χ1v) is 22.0. The van der Waals surface area contributed by atoms with E-state index in [9.17, 15) is 0 Å². The second kappa shape index (κ2) is 13.4. The van der Waals surface area contributed by atoms with Crippen molar-refractivity contribution in [3.05, 3.63) is 268 Å². The Labute approximate surface area is 365 Å². The predicted molar refractivity (Wildman–Crippen MR) is 258 cm³/mol. The van der Waals surface area contributed by atoms with Gasteiger partial charge in [-0.15, -0.1) is 0 Å². The third-order valence-corrected chi connectivity index (χ3v) is 14.3. The zero-order valence-corrected chi connectivity index (χ0v) is 35.7. The third-order valence-electron chi connectivity index (χ3n) is 14.3. The number of para-hydroxylation sites is 1. The molecule has 3 aliphatic carbocycles. The molecule has 0 amide bonds. The summed E-state index contributed by atoms with van der Waals surface area (Å²) >= 11 is 0. The largest absolute Gasteiger partial charge is 0.310 e. The fourth-order valence-electron chi connectivity index (χ4n) is 11.6. The topological polar surface area (TPSA) is 3.24 Å². The molecule has 0 fully saturated rings. The maximum absolute atomic E-state index is 2.51. The number of hydrogen-bond donors (Lipinski definition) is 0. The minimum Gasteiger partial charge on any atom is -0.310 e. The SMILES string of the molecule is Cc1cccc2c1-c1ccccc1C21c2ccccc2-c2ccc(N(c3ccccc3)c3ccc4c(c3)C(c3ccccc3)(c3ccc(C(C)(C)C)cc3)c3ccccc3-4)cc21. The van der Waals surface area contributed by atoms with Crippen molar-refractivity contribution in [3.8, 4) is 33.4 Å². The van der Waals surface area contributed by atoms with Crippen molar-refractivity contribution < 1.29 is 0 Å². The molecule has 2 atom stereocenters. The quantitative estimate of drug-likeness (QED) is 0.168. The van der Waals surface area contributed by atoms with Gasteiger partial charge in [0.25, 0.3) is 0 Å². The van der Waals surface area contributed by atoms with Gasteiger partial charge in [-0.05, 0) is 138 Å². The maximum atomic E-state index is 2.51.